The first kappa shape index (κ1) is 13.4. The Hall–Kier alpha value is -2.28. The van der Waals surface area contributed by atoms with Gasteiger partial charge in [0.2, 0.25) is 0 Å². The topological polar surface area (TPSA) is 26.0 Å². The summed E-state index contributed by atoms with van der Waals surface area (Å²) in [6.45, 7) is 4.63. The van der Waals surface area contributed by atoms with E-state index in [4.69, 9.17) is 5.73 Å². The van der Waals surface area contributed by atoms with E-state index in [2.05, 4.69) is 62.4 Å². The summed E-state index contributed by atoms with van der Waals surface area (Å²) in [5.41, 5.74) is 15.3. The Bertz CT molecular complexity index is 822. The quantitative estimate of drug-likeness (QED) is 0.783. The van der Waals surface area contributed by atoms with Crippen LogP contribution in [0.5, 0.6) is 0 Å². The van der Waals surface area contributed by atoms with E-state index in [-0.39, 0.29) is 5.41 Å². The molecular formula is C21H21N. The van der Waals surface area contributed by atoms with Crippen molar-refractivity contribution in [3.05, 3.63) is 77.0 Å². The second-order valence-corrected chi connectivity index (χ2v) is 6.81. The third-order valence-electron chi connectivity index (χ3n) is 5.14. The Kier molecular flexibility index (Phi) is 2.80. The van der Waals surface area contributed by atoms with Gasteiger partial charge in [0.1, 0.15) is 0 Å². The molecule has 0 atom stereocenters. The molecule has 2 N–H and O–H groups in total. The molecule has 0 aromatic heterocycles. The van der Waals surface area contributed by atoms with Gasteiger partial charge in [-0.1, -0.05) is 56.3 Å². The minimum absolute atomic E-state index is 0.0802. The van der Waals surface area contributed by atoms with Gasteiger partial charge in [0, 0.05) is 11.1 Å². The number of allylic oxidation sites excluding steroid dienone is 3. The zero-order valence-corrected chi connectivity index (χ0v) is 13.2. The highest BCUT2D eigenvalue weighted by Crippen LogP contribution is 2.49. The molecule has 0 aliphatic heterocycles. The van der Waals surface area contributed by atoms with Crippen molar-refractivity contribution in [2.75, 3.05) is 0 Å². The summed E-state index contributed by atoms with van der Waals surface area (Å²) in [7, 11) is 0. The standard InChI is InChI=1S/C21H21N/c1-21(2)18-9-5-3-8-16(18)17-13-14(11-12-19(17)21)15-7-4-6-10-20(15)22/h3,5-6,8-13H,4,7,22H2,1-2H3. The monoisotopic (exact) mass is 287 g/mol. The normalized spacial score (nSPS) is 18.3. The van der Waals surface area contributed by atoms with Gasteiger partial charge < -0.3 is 5.73 Å². The number of benzene rings is 2. The van der Waals surface area contributed by atoms with E-state index < -0.39 is 0 Å². The molecule has 22 heavy (non-hydrogen) atoms. The molecule has 4 rings (SSSR count). The van der Waals surface area contributed by atoms with E-state index in [0.29, 0.717) is 0 Å². The van der Waals surface area contributed by atoms with Crippen LogP contribution in [0.15, 0.2) is 60.3 Å². The predicted octanol–water partition coefficient (Wildman–Crippen LogP) is 5.01. The molecule has 1 heteroatoms. The maximum absolute atomic E-state index is 6.20. The molecular weight excluding hydrogens is 266 g/mol. The van der Waals surface area contributed by atoms with Crippen LogP contribution in [0.3, 0.4) is 0 Å². The summed E-state index contributed by atoms with van der Waals surface area (Å²) in [6, 6.07) is 15.6. The molecule has 2 aromatic rings. The van der Waals surface area contributed by atoms with E-state index in [1.165, 1.54) is 33.4 Å². The van der Waals surface area contributed by atoms with Crippen molar-refractivity contribution in [1.82, 2.24) is 0 Å². The number of nitrogens with two attached hydrogens (primary N) is 1. The fourth-order valence-electron chi connectivity index (χ4n) is 3.90. The Morgan fingerprint density at radius 1 is 0.955 bits per heavy atom. The Labute approximate surface area is 132 Å². The lowest BCUT2D eigenvalue weighted by molar-refractivity contribution is 0.660. The van der Waals surface area contributed by atoms with Gasteiger partial charge in [-0.25, -0.2) is 0 Å². The smallest absolute Gasteiger partial charge is 0.0349 e. The summed E-state index contributed by atoms with van der Waals surface area (Å²) >= 11 is 0. The highest BCUT2D eigenvalue weighted by molar-refractivity contribution is 5.84. The van der Waals surface area contributed by atoms with Gasteiger partial charge in [-0.15, -0.1) is 0 Å². The summed E-state index contributed by atoms with van der Waals surface area (Å²) in [6.07, 6.45) is 6.32. The zero-order valence-electron chi connectivity index (χ0n) is 13.2. The predicted molar refractivity (Wildman–Crippen MR) is 93.5 cm³/mol. The van der Waals surface area contributed by atoms with Gasteiger partial charge in [0.15, 0.2) is 0 Å². The number of fused-ring (bicyclic) bond motifs is 3. The van der Waals surface area contributed by atoms with Crippen molar-refractivity contribution in [1.29, 1.82) is 0 Å². The molecule has 0 saturated carbocycles. The van der Waals surface area contributed by atoms with Crippen molar-refractivity contribution in [3.8, 4) is 11.1 Å². The Morgan fingerprint density at radius 2 is 1.73 bits per heavy atom. The van der Waals surface area contributed by atoms with Gasteiger partial charge in [0.25, 0.3) is 0 Å². The van der Waals surface area contributed by atoms with Crippen LogP contribution in [-0.4, -0.2) is 0 Å². The molecule has 0 heterocycles. The molecule has 0 unspecified atom stereocenters. The second kappa shape index (κ2) is 4.61. The van der Waals surface area contributed by atoms with Crippen LogP contribution in [0, 0.1) is 0 Å². The molecule has 0 radical (unpaired) electrons. The van der Waals surface area contributed by atoms with Gasteiger partial charge in [-0.05, 0) is 58.4 Å². The van der Waals surface area contributed by atoms with Gasteiger partial charge >= 0.3 is 0 Å². The van der Waals surface area contributed by atoms with Crippen molar-refractivity contribution >= 4 is 5.57 Å². The molecule has 0 spiro atoms. The summed E-state index contributed by atoms with van der Waals surface area (Å²) in [5.74, 6) is 0. The first-order valence-electron chi connectivity index (χ1n) is 7.99. The lowest BCUT2D eigenvalue weighted by Gasteiger charge is -2.21. The minimum atomic E-state index is 0.0802. The van der Waals surface area contributed by atoms with E-state index in [0.717, 1.165) is 18.5 Å². The largest absolute Gasteiger partial charge is 0.398 e. The van der Waals surface area contributed by atoms with Crippen LogP contribution in [0.1, 0.15) is 43.4 Å². The third kappa shape index (κ3) is 1.78. The number of hydrogen-bond acceptors (Lipinski definition) is 1. The van der Waals surface area contributed by atoms with Crippen molar-refractivity contribution in [2.24, 2.45) is 5.73 Å². The molecule has 110 valence electrons. The van der Waals surface area contributed by atoms with Crippen LogP contribution < -0.4 is 5.73 Å². The molecule has 0 fully saturated rings. The molecule has 2 aliphatic carbocycles. The van der Waals surface area contributed by atoms with Crippen molar-refractivity contribution in [3.63, 3.8) is 0 Å². The van der Waals surface area contributed by atoms with Gasteiger partial charge in [-0.2, -0.15) is 0 Å². The maximum Gasteiger partial charge on any atom is 0.0349 e. The SMILES string of the molecule is CC1(C)c2ccccc2-c2cc(C3=C(N)C=CCC3)ccc21. The van der Waals surface area contributed by atoms with Gasteiger partial charge in [0.05, 0.1) is 0 Å². The van der Waals surface area contributed by atoms with Crippen LogP contribution in [-0.2, 0) is 5.41 Å². The molecule has 1 nitrogen and oxygen atoms in total. The average Bonchev–Trinajstić information content (AvgIpc) is 2.76. The fraction of sp³-hybridized carbons (Fsp3) is 0.238. The summed E-state index contributed by atoms with van der Waals surface area (Å²) in [5, 5.41) is 0. The lowest BCUT2D eigenvalue weighted by atomic mass is 9.82. The molecule has 2 aliphatic rings. The summed E-state index contributed by atoms with van der Waals surface area (Å²) < 4.78 is 0. The Balaban J connectivity index is 1.93. The van der Waals surface area contributed by atoms with E-state index >= 15 is 0 Å². The second-order valence-electron chi connectivity index (χ2n) is 6.81. The average molecular weight is 287 g/mol. The molecule has 0 saturated heterocycles. The first-order valence-corrected chi connectivity index (χ1v) is 7.99. The highest BCUT2D eigenvalue weighted by atomic mass is 14.6. The fourth-order valence-corrected chi connectivity index (χ4v) is 3.90. The molecule has 2 aromatic carbocycles. The van der Waals surface area contributed by atoms with E-state index in [1.54, 1.807) is 0 Å². The number of hydrogen-bond donors (Lipinski definition) is 1. The van der Waals surface area contributed by atoms with Crippen LogP contribution in [0.25, 0.3) is 16.7 Å². The lowest BCUT2D eigenvalue weighted by Crippen LogP contribution is -2.14. The van der Waals surface area contributed by atoms with Crippen molar-refractivity contribution in [2.45, 2.75) is 32.1 Å². The zero-order chi connectivity index (χ0) is 15.3. The first-order chi connectivity index (χ1) is 10.6. The number of rotatable bonds is 1. The third-order valence-corrected chi connectivity index (χ3v) is 5.14. The van der Waals surface area contributed by atoms with E-state index in [9.17, 15) is 0 Å². The summed E-state index contributed by atoms with van der Waals surface area (Å²) in [4.78, 5) is 0. The molecule has 0 bridgehead atoms. The minimum Gasteiger partial charge on any atom is -0.398 e. The highest BCUT2D eigenvalue weighted by Gasteiger charge is 2.35. The molecule has 0 amide bonds. The van der Waals surface area contributed by atoms with E-state index in [1.807, 2.05) is 6.08 Å². The van der Waals surface area contributed by atoms with Crippen LogP contribution >= 0.6 is 0 Å². The maximum atomic E-state index is 6.20. The van der Waals surface area contributed by atoms with Gasteiger partial charge in [-0.3, -0.25) is 0 Å². The van der Waals surface area contributed by atoms with Crippen LogP contribution in [0.2, 0.25) is 0 Å². The van der Waals surface area contributed by atoms with Crippen LogP contribution in [0.4, 0.5) is 0 Å². The Morgan fingerprint density at radius 3 is 2.55 bits per heavy atom. The van der Waals surface area contributed by atoms with Crippen molar-refractivity contribution < 1.29 is 0 Å².